The van der Waals surface area contributed by atoms with Gasteiger partial charge in [-0.15, -0.1) is 0 Å². The summed E-state index contributed by atoms with van der Waals surface area (Å²) >= 11 is 6.16. The van der Waals surface area contributed by atoms with Crippen LogP contribution in [0.3, 0.4) is 0 Å². The summed E-state index contributed by atoms with van der Waals surface area (Å²) < 4.78 is 6.22. The molecule has 1 heterocycles. The standard InChI is InChI=1S/C35H34ClN3O3/c1-2-37-35(41)28-13-16-31-32(22-28)38-19-17-34(31)42-30-14-11-25(12-15-30)18-20-39(23-26-7-4-3-5-8-26)24-33(40)27-9-6-10-29(36)21-27/h3-17,19,21-22,33,40H,2,18,20,23-24H2,1H3,(H,37,41)/t33-/m0/s1. The summed E-state index contributed by atoms with van der Waals surface area (Å²) in [5.74, 6) is 1.28. The molecule has 6 nitrogen and oxygen atoms in total. The van der Waals surface area contributed by atoms with E-state index in [1.165, 1.54) is 11.1 Å². The minimum absolute atomic E-state index is 0.121. The molecule has 5 aromatic rings. The van der Waals surface area contributed by atoms with Gasteiger partial charge in [-0.05, 0) is 78.6 Å². The van der Waals surface area contributed by atoms with Crippen molar-refractivity contribution in [3.63, 3.8) is 0 Å². The lowest BCUT2D eigenvalue weighted by Crippen LogP contribution is -2.30. The smallest absolute Gasteiger partial charge is 0.251 e. The van der Waals surface area contributed by atoms with Gasteiger partial charge in [-0.2, -0.15) is 0 Å². The number of aliphatic hydroxyl groups is 1. The van der Waals surface area contributed by atoms with E-state index in [0.29, 0.717) is 34.9 Å². The van der Waals surface area contributed by atoms with Gasteiger partial charge in [0.15, 0.2) is 0 Å². The normalized spacial score (nSPS) is 11.9. The van der Waals surface area contributed by atoms with Crippen molar-refractivity contribution in [1.29, 1.82) is 0 Å². The molecule has 7 heteroatoms. The van der Waals surface area contributed by atoms with E-state index in [-0.39, 0.29) is 5.91 Å². The second-order valence-electron chi connectivity index (χ2n) is 10.2. The predicted octanol–water partition coefficient (Wildman–Crippen LogP) is 7.21. The predicted molar refractivity (Wildman–Crippen MR) is 168 cm³/mol. The first-order chi connectivity index (χ1) is 20.5. The molecule has 1 amide bonds. The Morgan fingerprint density at radius 1 is 0.952 bits per heavy atom. The first-order valence-corrected chi connectivity index (χ1v) is 14.5. The molecule has 2 N–H and O–H groups in total. The van der Waals surface area contributed by atoms with Crippen LogP contribution in [0.2, 0.25) is 5.02 Å². The minimum Gasteiger partial charge on any atom is -0.457 e. The SMILES string of the molecule is CCNC(=O)c1ccc2c(Oc3ccc(CCN(Cc4ccccc4)C[C@H](O)c4cccc(Cl)c4)cc3)ccnc2c1. The van der Waals surface area contributed by atoms with Crippen molar-refractivity contribution >= 4 is 28.4 Å². The van der Waals surface area contributed by atoms with E-state index in [1.54, 1.807) is 18.3 Å². The molecule has 0 saturated carbocycles. The summed E-state index contributed by atoms with van der Waals surface area (Å²) in [6.07, 6.45) is 1.86. The Morgan fingerprint density at radius 2 is 1.76 bits per heavy atom. The highest BCUT2D eigenvalue weighted by Crippen LogP contribution is 2.30. The van der Waals surface area contributed by atoms with Gasteiger partial charge in [0.25, 0.3) is 5.91 Å². The fourth-order valence-corrected chi connectivity index (χ4v) is 5.09. The van der Waals surface area contributed by atoms with Crippen molar-refractivity contribution in [1.82, 2.24) is 15.2 Å². The molecule has 0 aliphatic heterocycles. The molecule has 1 atom stereocenters. The number of aromatic nitrogens is 1. The molecule has 0 saturated heterocycles. The van der Waals surface area contributed by atoms with Crippen molar-refractivity contribution in [2.75, 3.05) is 19.6 Å². The van der Waals surface area contributed by atoms with Gasteiger partial charge in [0.2, 0.25) is 0 Å². The Labute approximate surface area is 251 Å². The van der Waals surface area contributed by atoms with E-state index in [1.807, 2.05) is 73.7 Å². The van der Waals surface area contributed by atoms with Crippen LogP contribution in [-0.2, 0) is 13.0 Å². The van der Waals surface area contributed by atoms with Gasteiger partial charge in [0, 0.05) is 48.3 Å². The van der Waals surface area contributed by atoms with E-state index in [9.17, 15) is 9.90 Å². The summed E-state index contributed by atoms with van der Waals surface area (Å²) in [5, 5.41) is 15.2. The lowest BCUT2D eigenvalue weighted by Gasteiger charge is -2.25. The number of aliphatic hydroxyl groups excluding tert-OH is 1. The Kier molecular flexibility index (Phi) is 9.82. The zero-order valence-electron chi connectivity index (χ0n) is 23.5. The fourth-order valence-electron chi connectivity index (χ4n) is 4.89. The van der Waals surface area contributed by atoms with E-state index in [4.69, 9.17) is 16.3 Å². The molecule has 214 valence electrons. The Morgan fingerprint density at radius 3 is 2.52 bits per heavy atom. The van der Waals surface area contributed by atoms with Gasteiger partial charge in [-0.1, -0.05) is 66.2 Å². The molecule has 0 bridgehead atoms. The second-order valence-corrected chi connectivity index (χ2v) is 10.6. The van der Waals surface area contributed by atoms with Gasteiger partial charge in [-0.25, -0.2) is 0 Å². The lowest BCUT2D eigenvalue weighted by atomic mass is 10.1. The van der Waals surface area contributed by atoms with Crippen LogP contribution in [0.1, 0.15) is 40.1 Å². The van der Waals surface area contributed by atoms with Crippen LogP contribution in [-0.4, -0.2) is 40.5 Å². The van der Waals surface area contributed by atoms with Gasteiger partial charge in [0.05, 0.1) is 11.6 Å². The van der Waals surface area contributed by atoms with E-state index in [0.717, 1.165) is 36.2 Å². The van der Waals surface area contributed by atoms with Gasteiger partial charge in [-0.3, -0.25) is 14.7 Å². The number of hydrogen-bond acceptors (Lipinski definition) is 5. The molecule has 5 rings (SSSR count). The molecule has 0 fully saturated rings. The second kappa shape index (κ2) is 14.1. The molecule has 4 aromatic carbocycles. The monoisotopic (exact) mass is 579 g/mol. The molecule has 0 spiro atoms. The van der Waals surface area contributed by atoms with Crippen molar-refractivity contribution in [2.24, 2.45) is 0 Å². The van der Waals surface area contributed by atoms with E-state index >= 15 is 0 Å². The van der Waals surface area contributed by atoms with Crippen LogP contribution in [0, 0.1) is 0 Å². The average molecular weight is 580 g/mol. The maximum atomic E-state index is 12.2. The number of nitrogens with zero attached hydrogens (tertiary/aromatic N) is 2. The van der Waals surface area contributed by atoms with Crippen molar-refractivity contribution in [3.8, 4) is 11.5 Å². The summed E-state index contributed by atoms with van der Waals surface area (Å²) in [5.41, 5.74) is 4.45. The number of carbonyl (C=O) groups is 1. The maximum absolute atomic E-state index is 12.2. The largest absolute Gasteiger partial charge is 0.457 e. The third-order valence-electron chi connectivity index (χ3n) is 7.08. The third-order valence-corrected chi connectivity index (χ3v) is 7.32. The summed E-state index contributed by atoms with van der Waals surface area (Å²) in [6, 6.07) is 33.0. The summed E-state index contributed by atoms with van der Waals surface area (Å²) in [6.45, 7) is 4.46. The molecule has 0 aliphatic carbocycles. The third kappa shape index (κ3) is 7.74. The fraction of sp³-hybridized carbons (Fsp3) is 0.200. The highest BCUT2D eigenvalue weighted by molar-refractivity contribution is 6.30. The van der Waals surface area contributed by atoms with Crippen LogP contribution >= 0.6 is 11.6 Å². The molecule has 1 aromatic heterocycles. The minimum atomic E-state index is -0.643. The Bertz CT molecular complexity index is 1630. The number of ether oxygens (including phenoxy) is 1. The Hall–Kier alpha value is -4.23. The van der Waals surface area contributed by atoms with Crippen molar-refractivity contribution in [2.45, 2.75) is 26.0 Å². The molecular formula is C35H34ClN3O3. The number of amides is 1. The number of carbonyl (C=O) groups excluding carboxylic acids is 1. The first kappa shape index (κ1) is 29.3. The van der Waals surface area contributed by atoms with Gasteiger partial charge < -0.3 is 15.2 Å². The highest BCUT2D eigenvalue weighted by Gasteiger charge is 2.15. The zero-order valence-corrected chi connectivity index (χ0v) is 24.3. The number of benzene rings is 4. The number of fused-ring (bicyclic) bond motifs is 1. The quantitative estimate of drug-likeness (QED) is 0.163. The van der Waals surface area contributed by atoms with Gasteiger partial charge >= 0.3 is 0 Å². The molecule has 0 unspecified atom stereocenters. The number of pyridine rings is 1. The van der Waals surface area contributed by atoms with Crippen molar-refractivity contribution < 1.29 is 14.6 Å². The molecule has 0 radical (unpaired) electrons. The number of hydrogen-bond donors (Lipinski definition) is 2. The number of nitrogens with one attached hydrogen (secondary N) is 1. The van der Waals surface area contributed by atoms with Crippen LogP contribution in [0.5, 0.6) is 11.5 Å². The van der Waals surface area contributed by atoms with Crippen LogP contribution in [0.4, 0.5) is 0 Å². The van der Waals surface area contributed by atoms with Gasteiger partial charge in [0.1, 0.15) is 11.5 Å². The average Bonchev–Trinajstić information content (AvgIpc) is 3.01. The van der Waals surface area contributed by atoms with E-state index in [2.05, 4.69) is 39.5 Å². The van der Waals surface area contributed by atoms with Crippen LogP contribution in [0.15, 0.2) is 109 Å². The molecule has 42 heavy (non-hydrogen) atoms. The lowest BCUT2D eigenvalue weighted by molar-refractivity contribution is 0.0956. The zero-order chi connectivity index (χ0) is 29.3. The molecule has 0 aliphatic rings. The van der Waals surface area contributed by atoms with Crippen LogP contribution in [0.25, 0.3) is 10.9 Å². The summed E-state index contributed by atoms with van der Waals surface area (Å²) in [7, 11) is 0. The number of rotatable bonds is 12. The highest BCUT2D eigenvalue weighted by atomic mass is 35.5. The maximum Gasteiger partial charge on any atom is 0.251 e. The van der Waals surface area contributed by atoms with Crippen molar-refractivity contribution in [3.05, 3.63) is 137 Å². The van der Waals surface area contributed by atoms with Crippen LogP contribution < -0.4 is 10.1 Å². The first-order valence-electron chi connectivity index (χ1n) is 14.1. The Balaban J connectivity index is 1.25. The molecular weight excluding hydrogens is 546 g/mol. The van der Waals surface area contributed by atoms with E-state index < -0.39 is 6.10 Å². The summed E-state index contributed by atoms with van der Waals surface area (Å²) in [4.78, 5) is 18.9. The number of halogens is 1. The topological polar surface area (TPSA) is 74.7 Å².